The van der Waals surface area contributed by atoms with Gasteiger partial charge in [0, 0.05) is 18.3 Å². The van der Waals surface area contributed by atoms with Crippen molar-refractivity contribution in [1.29, 1.82) is 0 Å². The van der Waals surface area contributed by atoms with Gasteiger partial charge in [0.1, 0.15) is 11.9 Å². The van der Waals surface area contributed by atoms with E-state index in [0.717, 1.165) is 12.3 Å². The van der Waals surface area contributed by atoms with E-state index < -0.39 is 0 Å². The Morgan fingerprint density at radius 3 is 3.00 bits per heavy atom. The van der Waals surface area contributed by atoms with Crippen LogP contribution in [-0.4, -0.2) is 23.7 Å². The highest BCUT2D eigenvalue weighted by molar-refractivity contribution is 6.30. The van der Waals surface area contributed by atoms with Crippen LogP contribution in [0.25, 0.3) is 0 Å². The molecule has 2 heterocycles. The summed E-state index contributed by atoms with van der Waals surface area (Å²) in [5.74, 6) is 0.735. The van der Waals surface area contributed by atoms with E-state index in [1.54, 1.807) is 18.5 Å². The Morgan fingerprint density at radius 1 is 1.64 bits per heavy atom. The zero-order chi connectivity index (χ0) is 9.97. The third kappa shape index (κ3) is 2.16. The molecule has 0 amide bonds. The van der Waals surface area contributed by atoms with Crippen LogP contribution in [0.1, 0.15) is 13.3 Å². The van der Waals surface area contributed by atoms with Crippen LogP contribution < -0.4 is 10.1 Å². The lowest BCUT2D eigenvalue weighted by Gasteiger charge is -2.33. The van der Waals surface area contributed by atoms with Crippen molar-refractivity contribution in [3.63, 3.8) is 0 Å². The van der Waals surface area contributed by atoms with Gasteiger partial charge in [-0.1, -0.05) is 11.6 Å². The molecule has 2 atom stereocenters. The predicted octanol–water partition coefficient (Wildman–Crippen LogP) is 1.86. The molecule has 0 spiro atoms. The molecule has 4 heteroatoms. The highest BCUT2D eigenvalue weighted by Gasteiger charge is 2.24. The van der Waals surface area contributed by atoms with Crippen LogP contribution in [0.2, 0.25) is 5.02 Å². The summed E-state index contributed by atoms with van der Waals surface area (Å²) in [4.78, 5) is 3.96. The van der Waals surface area contributed by atoms with E-state index in [0.29, 0.717) is 11.1 Å². The molecule has 0 aliphatic carbocycles. The molecule has 1 aliphatic heterocycles. The van der Waals surface area contributed by atoms with Gasteiger partial charge in [-0.3, -0.25) is 4.98 Å². The van der Waals surface area contributed by atoms with E-state index in [2.05, 4.69) is 17.2 Å². The van der Waals surface area contributed by atoms with Crippen LogP contribution in [0.5, 0.6) is 5.75 Å². The fourth-order valence-electron chi connectivity index (χ4n) is 1.47. The van der Waals surface area contributed by atoms with Crippen LogP contribution in [0.3, 0.4) is 0 Å². The molecule has 0 bridgehead atoms. The Bertz CT molecular complexity index is 315. The minimum absolute atomic E-state index is 0.170. The van der Waals surface area contributed by atoms with Crippen molar-refractivity contribution in [2.75, 3.05) is 6.54 Å². The number of hydrogen-bond donors (Lipinski definition) is 1. The van der Waals surface area contributed by atoms with Gasteiger partial charge in [0.05, 0.1) is 11.2 Å². The van der Waals surface area contributed by atoms with Gasteiger partial charge in [0.2, 0.25) is 0 Å². The number of pyridine rings is 1. The first-order valence-corrected chi connectivity index (χ1v) is 5.14. The van der Waals surface area contributed by atoms with Gasteiger partial charge in [0.15, 0.2) is 0 Å². The number of rotatable bonds is 3. The zero-order valence-electron chi connectivity index (χ0n) is 8.03. The van der Waals surface area contributed by atoms with Gasteiger partial charge < -0.3 is 10.1 Å². The maximum Gasteiger partial charge on any atom is 0.139 e. The summed E-state index contributed by atoms with van der Waals surface area (Å²) in [6.07, 6.45) is 4.63. The van der Waals surface area contributed by atoms with E-state index in [4.69, 9.17) is 16.3 Å². The maximum absolute atomic E-state index is 5.80. The standard InChI is InChI=1S/C10H13ClN2O/c1-7(10-2-3-13-10)14-9-4-8(11)5-12-6-9/h4-7,10,13H,2-3H2,1H3. The van der Waals surface area contributed by atoms with Crippen molar-refractivity contribution in [3.05, 3.63) is 23.5 Å². The summed E-state index contributed by atoms with van der Waals surface area (Å²) in [5.41, 5.74) is 0. The Hall–Kier alpha value is -0.800. The molecule has 2 rings (SSSR count). The lowest BCUT2D eigenvalue weighted by molar-refractivity contribution is 0.133. The third-order valence-corrected chi connectivity index (χ3v) is 2.64. The van der Waals surface area contributed by atoms with Crippen LogP contribution in [0.4, 0.5) is 0 Å². The first kappa shape index (κ1) is 9.74. The van der Waals surface area contributed by atoms with Crippen molar-refractivity contribution in [2.24, 2.45) is 0 Å². The van der Waals surface area contributed by atoms with Gasteiger partial charge in [-0.2, -0.15) is 0 Å². The quantitative estimate of drug-likeness (QED) is 0.831. The van der Waals surface area contributed by atoms with Crippen molar-refractivity contribution < 1.29 is 4.74 Å². The Morgan fingerprint density at radius 2 is 2.43 bits per heavy atom. The highest BCUT2D eigenvalue weighted by Crippen LogP contribution is 2.19. The molecular weight excluding hydrogens is 200 g/mol. The summed E-state index contributed by atoms with van der Waals surface area (Å²) in [7, 11) is 0. The molecule has 76 valence electrons. The Balaban J connectivity index is 1.95. The number of ether oxygens (including phenoxy) is 1. The van der Waals surface area contributed by atoms with E-state index >= 15 is 0 Å². The summed E-state index contributed by atoms with van der Waals surface area (Å²) in [6, 6.07) is 2.25. The molecule has 1 aromatic heterocycles. The first-order valence-electron chi connectivity index (χ1n) is 4.76. The van der Waals surface area contributed by atoms with Crippen molar-refractivity contribution in [2.45, 2.75) is 25.5 Å². The van der Waals surface area contributed by atoms with E-state index in [1.165, 1.54) is 6.42 Å². The largest absolute Gasteiger partial charge is 0.487 e. The fourth-order valence-corrected chi connectivity index (χ4v) is 1.63. The molecular formula is C10H13ClN2O. The lowest BCUT2D eigenvalue weighted by atomic mass is 10.0. The smallest absolute Gasteiger partial charge is 0.139 e. The molecule has 2 unspecified atom stereocenters. The summed E-state index contributed by atoms with van der Waals surface area (Å²) < 4.78 is 5.69. The normalized spacial score (nSPS) is 22.6. The van der Waals surface area contributed by atoms with Crippen molar-refractivity contribution in [3.8, 4) is 5.75 Å². The lowest BCUT2D eigenvalue weighted by Crippen LogP contribution is -2.51. The number of hydrogen-bond acceptors (Lipinski definition) is 3. The van der Waals surface area contributed by atoms with E-state index in [-0.39, 0.29) is 6.10 Å². The number of nitrogens with one attached hydrogen (secondary N) is 1. The van der Waals surface area contributed by atoms with E-state index in [9.17, 15) is 0 Å². The van der Waals surface area contributed by atoms with Gasteiger partial charge in [-0.05, 0) is 19.9 Å². The molecule has 1 aliphatic rings. The Kier molecular flexibility index (Phi) is 2.89. The third-order valence-electron chi connectivity index (χ3n) is 2.43. The topological polar surface area (TPSA) is 34.1 Å². The molecule has 14 heavy (non-hydrogen) atoms. The second-order valence-electron chi connectivity index (χ2n) is 3.51. The van der Waals surface area contributed by atoms with Crippen molar-refractivity contribution >= 4 is 11.6 Å². The number of nitrogens with zero attached hydrogens (tertiary/aromatic N) is 1. The molecule has 1 aromatic rings. The summed E-state index contributed by atoms with van der Waals surface area (Å²) in [6.45, 7) is 3.14. The molecule has 3 nitrogen and oxygen atoms in total. The van der Waals surface area contributed by atoms with Gasteiger partial charge in [-0.15, -0.1) is 0 Å². The molecule has 1 saturated heterocycles. The second kappa shape index (κ2) is 4.15. The van der Waals surface area contributed by atoms with Gasteiger partial charge in [-0.25, -0.2) is 0 Å². The first-order chi connectivity index (χ1) is 6.75. The molecule has 0 radical (unpaired) electrons. The van der Waals surface area contributed by atoms with Crippen LogP contribution >= 0.6 is 11.6 Å². The molecule has 0 aromatic carbocycles. The molecule has 1 fully saturated rings. The van der Waals surface area contributed by atoms with E-state index in [1.807, 2.05) is 0 Å². The second-order valence-corrected chi connectivity index (χ2v) is 3.95. The zero-order valence-corrected chi connectivity index (χ0v) is 8.79. The van der Waals surface area contributed by atoms with Crippen molar-refractivity contribution in [1.82, 2.24) is 10.3 Å². The minimum atomic E-state index is 0.170. The average molecular weight is 213 g/mol. The van der Waals surface area contributed by atoms with Crippen LogP contribution in [-0.2, 0) is 0 Å². The Labute approximate surface area is 88.4 Å². The molecule has 0 saturated carbocycles. The molecule has 1 N–H and O–H groups in total. The number of halogens is 1. The minimum Gasteiger partial charge on any atom is -0.487 e. The highest BCUT2D eigenvalue weighted by atomic mass is 35.5. The van der Waals surface area contributed by atoms with Crippen LogP contribution in [0, 0.1) is 0 Å². The fraction of sp³-hybridized carbons (Fsp3) is 0.500. The number of aromatic nitrogens is 1. The van der Waals surface area contributed by atoms with Gasteiger partial charge in [0.25, 0.3) is 0 Å². The predicted molar refractivity (Wildman–Crippen MR) is 55.7 cm³/mol. The van der Waals surface area contributed by atoms with Gasteiger partial charge >= 0.3 is 0 Å². The average Bonchev–Trinajstić information content (AvgIpc) is 1.99. The summed E-state index contributed by atoms with van der Waals surface area (Å²) >= 11 is 5.80. The van der Waals surface area contributed by atoms with Crippen LogP contribution in [0.15, 0.2) is 18.5 Å². The SMILES string of the molecule is CC(Oc1cncc(Cl)c1)C1CCN1. The summed E-state index contributed by atoms with van der Waals surface area (Å²) in [5, 5.41) is 3.91. The maximum atomic E-state index is 5.80. The monoisotopic (exact) mass is 212 g/mol.